The second-order valence-electron chi connectivity index (χ2n) is 6.90. The summed E-state index contributed by atoms with van der Waals surface area (Å²) in [6, 6.07) is 15.8. The molecule has 6 heteroatoms. The molecule has 5 rings (SSSR count). The smallest absolute Gasteiger partial charge is 0.262 e. The molecule has 0 saturated heterocycles. The first-order valence-corrected chi connectivity index (χ1v) is 9.99. The van der Waals surface area contributed by atoms with Crippen molar-refractivity contribution in [2.75, 3.05) is 6.61 Å². The number of hydrogen-bond donors (Lipinski definition) is 0. The monoisotopic (exact) mass is 390 g/mol. The van der Waals surface area contributed by atoms with E-state index in [0.29, 0.717) is 24.3 Å². The van der Waals surface area contributed by atoms with E-state index in [0.717, 1.165) is 21.7 Å². The fourth-order valence-electron chi connectivity index (χ4n) is 3.42. The van der Waals surface area contributed by atoms with Gasteiger partial charge >= 0.3 is 0 Å². The predicted molar refractivity (Wildman–Crippen MR) is 110 cm³/mol. The molecular weight excluding hydrogens is 372 g/mol. The van der Waals surface area contributed by atoms with E-state index >= 15 is 0 Å². The molecule has 5 nitrogen and oxygen atoms in total. The highest BCUT2D eigenvalue weighted by Gasteiger charge is 2.22. The molecule has 3 heterocycles. The fourth-order valence-corrected chi connectivity index (χ4v) is 4.32. The maximum atomic E-state index is 13.2. The van der Waals surface area contributed by atoms with E-state index in [4.69, 9.17) is 9.47 Å². The molecule has 140 valence electrons. The zero-order chi connectivity index (χ0) is 19.1. The molecule has 2 aromatic heterocycles. The van der Waals surface area contributed by atoms with Crippen LogP contribution in [0.4, 0.5) is 0 Å². The highest BCUT2D eigenvalue weighted by atomic mass is 32.1. The van der Waals surface area contributed by atoms with Crippen molar-refractivity contribution in [3.63, 3.8) is 0 Å². The molecule has 4 aromatic rings. The largest absolute Gasteiger partial charge is 0.486 e. The Morgan fingerprint density at radius 3 is 2.75 bits per heavy atom. The summed E-state index contributed by atoms with van der Waals surface area (Å²) in [5.74, 6) is 1.44. The standard InChI is InChI=1S/C22H18N2O3S/c1-14-6-8-15(9-7-14)17-12-28-21-20(17)22(25)24(13-23-21)10-16-11-26-18-4-2-3-5-19(18)27-16/h2-9,12-13,16H,10-11H2,1H3/t16-/m1/s1. The molecule has 0 fully saturated rings. The molecule has 28 heavy (non-hydrogen) atoms. The van der Waals surface area contributed by atoms with Gasteiger partial charge in [-0.1, -0.05) is 42.0 Å². The molecule has 0 unspecified atom stereocenters. The van der Waals surface area contributed by atoms with Gasteiger partial charge in [0, 0.05) is 10.9 Å². The summed E-state index contributed by atoms with van der Waals surface area (Å²) in [6.45, 7) is 2.84. The lowest BCUT2D eigenvalue weighted by atomic mass is 10.1. The number of aryl methyl sites for hydroxylation is 1. The summed E-state index contributed by atoms with van der Waals surface area (Å²) in [6.07, 6.45) is 1.36. The van der Waals surface area contributed by atoms with Crippen molar-refractivity contribution in [3.8, 4) is 22.6 Å². The van der Waals surface area contributed by atoms with Crippen molar-refractivity contribution in [1.29, 1.82) is 0 Å². The molecule has 1 atom stereocenters. The minimum atomic E-state index is -0.242. The van der Waals surface area contributed by atoms with Crippen molar-refractivity contribution < 1.29 is 9.47 Å². The first kappa shape index (κ1) is 17.0. The summed E-state index contributed by atoms with van der Waals surface area (Å²) < 4.78 is 13.4. The Labute approximate surface area is 165 Å². The predicted octanol–water partition coefficient (Wildman–Crippen LogP) is 4.27. The van der Waals surface area contributed by atoms with E-state index in [9.17, 15) is 4.79 Å². The van der Waals surface area contributed by atoms with Crippen LogP contribution < -0.4 is 15.0 Å². The molecule has 0 N–H and O–H groups in total. The third-order valence-corrected chi connectivity index (χ3v) is 5.78. The lowest BCUT2D eigenvalue weighted by molar-refractivity contribution is 0.0777. The maximum Gasteiger partial charge on any atom is 0.262 e. The average Bonchev–Trinajstić information content (AvgIpc) is 3.15. The minimum absolute atomic E-state index is 0.0516. The van der Waals surface area contributed by atoms with Gasteiger partial charge in [0.1, 0.15) is 11.4 Å². The summed E-state index contributed by atoms with van der Waals surface area (Å²) in [5, 5.41) is 2.67. The number of rotatable bonds is 3. The number of ether oxygens (including phenoxy) is 2. The number of nitrogens with zero attached hydrogens (tertiary/aromatic N) is 2. The van der Waals surface area contributed by atoms with Crippen LogP contribution in [-0.2, 0) is 6.54 Å². The van der Waals surface area contributed by atoms with Crippen molar-refractivity contribution in [2.45, 2.75) is 19.6 Å². The van der Waals surface area contributed by atoms with Gasteiger partial charge in [-0.15, -0.1) is 11.3 Å². The molecule has 0 spiro atoms. The SMILES string of the molecule is Cc1ccc(-c2csc3ncn(C[C@@H]4COc5ccccc5O4)c(=O)c23)cc1. The Bertz CT molecular complexity index is 1210. The summed E-state index contributed by atoms with van der Waals surface area (Å²) in [4.78, 5) is 18.5. The summed E-state index contributed by atoms with van der Waals surface area (Å²) >= 11 is 1.49. The summed E-state index contributed by atoms with van der Waals surface area (Å²) in [5.41, 5.74) is 3.09. The Hall–Kier alpha value is -3.12. The van der Waals surface area contributed by atoms with E-state index in [1.165, 1.54) is 16.9 Å². The second kappa shape index (κ2) is 6.80. The van der Waals surface area contributed by atoms with Crippen molar-refractivity contribution in [3.05, 3.63) is 76.2 Å². The Balaban J connectivity index is 1.49. The molecule has 0 saturated carbocycles. The second-order valence-corrected chi connectivity index (χ2v) is 7.75. The lowest BCUT2D eigenvalue weighted by Gasteiger charge is -2.26. The van der Waals surface area contributed by atoms with Gasteiger partial charge in [0.25, 0.3) is 5.56 Å². The highest BCUT2D eigenvalue weighted by molar-refractivity contribution is 7.17. The van der Waals surface area contributed by atoms with Gasteiger partial charge < -0.3 is 9.47 Å². The lowest BCUT2D eigenvalue weighted by Crippen LogP contribution is -2.36. The van der Waals surface area contributed by atoms with Gasteiger partial charge in [0.15, 0.2) is 17.6 Å². The van der Waals surface area contributed by atoms with Crippen LogP contribution in [0.15, 0.2) is 65.0 Å². The molecule has 0 radical (unpaired) electrons. The Morgan fingerprint density at radius 1 is 1.14 bits per heavy atom. The Kier molecular flexibility index (Phi) is 4.13. The molecule has 2 aromatic carbocycles. The zero-order valence-corrected chi connectivity index (χ0v) is 16.1. The molecule has 0 amide bonds. The number of para-hydroxylation sites is 2. The highest BCUT2D eigenvalue weighted by Crippen LogP contribution is 2.32. The number of benzene rings is 2. The first-order chi connectivity index (χ1) is 13.7. The normalized spacial score (nSPS) is 15.7. The van der Waals surface area contributed by atoms with E-state index in [2.05, 4.69) is 24.0 Å². The Morgan fingerprint density at radius 2 is 1.93 bits per heavy atom. The van der Waals surface area contributed by atoms with Crippen molar-refractivity contribution in [2.24, 2.45) is 0 Å². The van der Waals surface area contributed by atoms with Gasteiger partial charge in [0.2, 0.25) is 0 Å². The van der Waals surface area contributed by atoms with Crippen molar-refractivity contribution in [1.82, 2.24) is 9.55 Å². The topological polar surface area (TPSA) is 53.4 Å². The number of fused-ring (bicyclic) bond motifs is 2. The van der Waals surface area contributed by atoms with E-state index < -0.39 is 0 Å². The third-order valence-electron chi connectivity index (χ3n) is 4.89. The van der Waals surface area contributed by atoms with Crippen LogP contribution in [0, 0.1) is 6.92 Å². The minimum Gasteiger partial charge on any atom is -0.486 e. The molecular formula is C22H18N2O3S. The molecule has 1 aliphatic rings. The van der Waals surface area contributed by atoms with Crippen LogP contribution in [0.25, 0.3) is 21.3 Å². The van der Waals surface area contributed by atoms with E-state index in [-0.39, 0.29) is 11.7 Å². The number of aromatic nitrogens is 2. The summed E-state index contributed by atoms with van der Waals surface area (Å²) in [7, 11) is 0. The van der Waals surface area contributed by atoms with Crippen molar-refractivity contribution >= 4 is 21.6 Å². The number of hydrogen-bond acceptors (Lipinski definition) is 5. The quantitative estimate of drug-likeness (QED) is 0.524. The average molecular weight is 390 g/mol. The molecule has 1 aliphatic heterocycles. The van der Waals surface area contributed by atoms with Crippen LogP contribution in [0.3, 0.4) is 0 Å². The van der Waals surface area contributed by atoms with Crippen LogP contribution in [0.1, 0.15) is 5.56 Å². The van der Waals surface area contributed by atoms with Crippen LogP contribution in [0.5, 0.6) is 11.5 Å². The van der Waals surface area contributed by atoms with Crippen LogP contribution >= 0.6 is 11.3 Å². The molecule has 0 aliphatic carbocycles. The van der Waals surface area contributed by atoms with E-state index in [1.807, 2.05) is 41.8 Å². The van der Waals surface area contributed by atoms with Gasteiger partial charge in [0.05, 0.1) is 18.3 Å². The number of thiophene rings is 1. The van der Waals surface area contributed by atoms with Gasteiger partial charge in [-0.25, -0.2) is 4.98 Å². The van der Waals surface area contributed by atoms with Gasteiger partial charge in [-0.2, -0.15) is 0 Å². The zero-order valence-electron chi connectivity index (χ0n) is 15.3. The fraction of sp³-hybridized carbons (Fsp3) is 0.182. The van der Waals surface area contributed by atoms with E-state index in [1.54, 1.807) is 10.9 Å². The third kappa shape index (κ3) is 2.96. The maximum absolute atomic E-state index is 13.2. The van der Waals surface area contributed by atoms with Crippen LogP contribution in [0.2, 0.25) is 0 Å². The first-order valence-electron chi connectivity index (χ1n) is 9.11. The van der Waals surface area contributed by atoms with Gasteiger partial charge in [-0.3, -0.25) is 9.36 Å². The molecule has 0 bridgehead atoms. The van der Waals surface area contributed by atoms with Gasteiger partial charge in [-0.05, 0) is 24.6 Å². The van der Waals surface area contributed by atoms with Crippen LogP contribution in [-0.4, -0.2) is 22.3 Å².